The van der Waals surface area contributed by atoms with Crippen LogP contribution in [0.1, 0.15) is 39.0 Å². The Balaban J connectivity index is 3.35. The van der Waals surface area contributed by atoms with E-state index in [0.29, 0.717) is 19.3 Å². The van der Waals surface area contributed by atoms with Gasteiger partial charge in [-0.1, -0.05) is 25.8 Å². The summed E-state index contributed by atoms with van der Waals surface area (Å²) in [6.45, 7) is 9.17. The van der Waals surface area contributed by atoms with Gasteiger partial charge in [-0.05, 0) is 39.4 Å². The number of hydrogen-bond donors (Lipinski definition) is 0. The molecule has 0 radical (unpaired) electrons. The van der Waals surface area contributed by atoms with Gasteiger partial charge in [-0.2, -0.15) is 22.0 Å². The molecule has 1 aliphatic carbocycles. The van der Waals surface area contributed by atoms with E-state index < -0.39 is 38.1 Å². The number of esters is 1. The third-order valence-electron chi connectivity index (χ3n) is 3.97. The molecule has 0 aliphatic heterocycles. The van der Waals surface area contributed by atoms with Gasteiger partial charge in [0.05, 0.1) is 0 Å². The molecule has 1 fully saturated rings. The third-order valence-corrected chi connectivity index (χ3v) is 4.97. The highest BCUT2D eigenvalue weighted by atomic mass is 28.4. The molecule has 25 heavy (non-hydrogen) atoms. The molecule has 0 spiro atoms. The van der Waals surface area contributed by atoms with E-state index >= 15 is 8.78 Å². The molecule has 1 rings (SSSR count). The Hall–Kier alpha value is -0.963. The second-order valence-electron chi connectivity index (χ2n) is 7.50. The highest BCUT2D eigenvalue weighted by Gasteiger charge is 2.69. The maximum atomic E-state index is 15.1. The van der Waals surface area contributed by atoms with Gasteiger partial charge in [0.2, 0.25) is 0 Å². The number of alkyl halides is 5. The molecule has 0 aromatic heterocycles. The van der Waals surface area contributed by atoms with Gasteiger partial charge in [-0.3, -0.25) is 0 Å². The summed E-state index contributed by atoms with van der Waals surface area (Å²) in [5.74, 6) is -5.90. The first-order valence-corrected chi connectivity index (χ1v) is 11.5. The summed E-state index contributed by atoms with van der Waals surface area (Å²) in [5.41, 5.74) is -2.67. The van der Waals surface area contributed by atoms with Crippen molar-refractivity contribution in [1.82, 2.24) is 0 Å². The van der Waals surface area contributed by atoms with Crippen molar-refractivity contribution in [1.29, 1.82) is 0 Å². The molecule has 1 aliphatic rings. The maximum Gasteiger partial charge on any atom is 0.431 e. The molecule has 1 atom stereocenters. The Morgan fingerprint density at radius 1 is 1.08 bits per heavy atom. The van der Waals surface area contributed by atoms with Crippen LogP contribution in [0, 0.1) is 0 Å². The van der Waals surface area contributed by atoms with Gasteiger partial charge in [-0.15, -0.1) is 0 Å². The molecule has 0 bridgehead atoms. The Labute approximate surface area is 145 Å². The third kappa shape index (κ3) is 5.26. The lowest BCUT2D eigenvalue weighted by Crippen LogP contribution is -2.65. The van der Waals surface area contributed by atoms with Crippen LogP contribution in [0.4, 0.5) is 22.0 Å². The van der Waals surface area contributed by atoms with E-state index in [4.69, 9.17) is 4.43 Å². The lowest BCUT2D eigenvalue weighted by Gasteiger charge is -2.48. The minimum absolute atomic E-state index is 0.207. The van der Waals surface area contributed by atoms with Gasteiger partial charge in [0, 0.05) is 5.57 Å². The zero-order valence-corrected chi connectivity index (χ0v) is 15.9. The standard InChI is InChI=1S/C16H25F5O3Si/c1-11(2)12(22)23-13(16(19,20)21)15(17,18)14(24-25(3,4)5)9-7-6-8-10-14/h13H,1,6-10H2,2-5H3. The molecule has 0 heterocycles. The summed E-state index contributed by atoms with van der Waals surface area (Å²) in [7, 11) is -2.60. The van der Waals surface area contributed by atoms with Crippen LogP contribution in [0.2, 0.25) is 19.6 Å². The Bertz CT molecular complexity index is 505. The highest BCUT2D eigenvalue weighted by Crippen LogP contribution is 2.50. The van der Waals surface area contributed by atoms with E-state index in [9.17, 15) is 18.0 Å². The van der Waals surface area contributed by atoms with E-state index in [1.165, 1.54) is 0 Å². The molecule has 146 valence electrons. The van der Waals surface area contributed by atoms with Crippen molar-refractivity contribution in [3.05, 3.63) is 12.2 Å². The Kier molecular flexibility index (Phi) is 6.48. The second kappa shape index (κ2) is 7.34. The number of halogens is 5. The number of rotatable bonds is 6. The fourth-order valence-corrected chi connectivity index (χ4v) is 4.52. The Morgan fingerprint density at radius 3 is 1.92 bits per heavy atom. The minimum Gasteiger partial charge on any atom is -0.443 e. The van der Waals surface area contributed by atoms with Gasteiger partial charge in [0.15, 0.2) is 8.32 Å². The molecule has 1 unspecified atom stereocenters. The monoisotopic (exact) mass is 388 g/mol. The largest absolute Gasteiger partial charge is 0.443 e. The highest BCUT2D eigenvalue weighted by molar-refractivity contribution is 6.69. The SMILES string of the molecule is C=C(C)C(=O)OC(C(F)(F)F)C(F)(F)C1(O[Si](C)(C)C)CCCCC1. The van der Waals surface area contributed by atoms with Crippen LogP contribution in [0.25, 0.3) is 0 Å². The zero-order chi connectivity index (χ0) is 19.7. The van der Waals surface area contributed by atoms with E-state index in [2.05, 4.69) is 11.3 Å². The quantitative estimate of drug-likeness (QED) is 0.271. The van der Waals surface area contributed by atoms with Crippen LogP contribution in [-0.2, 0) is 14.0 Å². The fraction of sp³-hybridized carbons (Fsp3) is 0.812. The molecule has 0 saturated heterocycles. The van der Waals surface area contributed by atoms with E-state index in [0.717, 1.165) is 6.92 Å². The summed E-state index contributed by atoms with van der Waals surface area (Å²) in [6, 6.07) is 0. The summed E-state index contributed by atoms with van der Waals surface area (Å²) in [6.07, 6.45) is -8.10. The normalized spacial score (nSPS) is 20.0. The van der Waals surface area contributed by atoms with Gasteiger partial charge in [0.1, 0.15) is 5.60 Å². The summed E-state index contributed by atoms with van der Waals surface area (Å²) in [5, 5.41) is 0. The van der Waals surface area contributed by atoms with Crippen molar-refractivity contribution < 1.29 is 35.9 Å². The van der Waals surface area contributed by atoms with E-state index in [1.54, 1.807) is 19.6 Å². The number of carbonyl (C=O) groups excluding carboxylic acids is 1. The molecule has 1 saturated carbocycles. The van der Waals surface area contributed by atoms with E-state index in [1.807, 2.05) is 0 Å². The number of ether oxygens (including phenoxy) is 1. The molecule has 3 nitrogen and oxygen atoms in total. The topological polar surface area (TPSA) is 35.5 Å². The fourth-order valence-electron chi connectivity index (χ4n) is 3.01. The first kappa shape index (κ1) is 22.1. The molecular formula is C16H25F5O3Si. The minimum atomic E-state index is -5.43. The Morgan fingerprint density at radius 2 is 1.56 bits per heavy atom. The van der Waals surface area contributed by atoms with Gasteiger partial charge in [-0.25, -0.2) is 4.79 Å². The van der Waals surface area contributed by atoms with Crippen molar-refractivity contribution in [3.8, 4) is 0 Å². The van der Waals surface area contributed by atoms with Crippen LogP contribution in [0.15, 0.2) is 12.2 Å². The van der Waals surface area contributed by atoms with Crippen LogP contribution in [-0.4, -0.2) is 38.1 Å². The molecule has 0 amide bonds. The number of hydrogen-bond acceptors (Lipinski definition) is 3. The molecule has 0 aromatic rings. The lowest BCUT2D eigenvalue weighted by molar-refractivity contribution is -0.317. The summed E-state index contributed by atoms with van der Waals surface area (Å²) >= 11 is 0. The maximum absolute atomic E-state index is 15.1. The molecule has 0 aromatic carbocycles. The van der Waals surface area contributed by atoms with Gasteiger partial charge >= 0.3 is 18.1 Å². The van der Waals surface area contributed by atoms with Crippen molar-refractivity contribution in [2.24, 2.45) is 0 Å². The first-order valence-electron chi connectivity index (χ1n) is 8.14. The van der Waals surface area contributed by atoms with Crippen LogP contribution in [0.5, 0.6) is 0 Å². The second-order valence-corrected chi connectivity index (χ2v) is 11.9. The van der Waals surface area contributed by atoms with Crippen molar-refractivity contribution >= 4 is 14.3 Å². The van der Waals surface area contributed by atoms with Crippen LogP contribution < -0.4 is 0 Å². The average molecular weight is 388 g/mol. The predicted octanol–water partition coefficient (Wildman–Crippen LogP) is 5.23. The van der Waals surface area contributed by atoms with E-state index in [-0.39, 0.29) is 18.4 Å². The van der Waals surface area contributed by atoms with Crippen molar-refractivity contribution in [2.45, 2.75) is 82.5 Å². The van der Waals surface area contributed by atoms with Gasteiger partial charge in [0.25, 0.3) is 6.10 Å². The van der Waals surface area contributed by atoms with Crippen LogP contribution in [0.3, 0.4) is 0 Å². The lowest BCUT2D eigenvalue weighted by atomic mass is 9.78. The predicted molar refractivity (Wildman–Crippen MR) is 85.9 cm³/mol. The van der Waals surface area contributed by atoms with Crippen molar-refractivity contribution in [3.63, 3.8) is 0 Å². The van der Waals surface area contributed by atoms with Crippen LogP contribution >= 0.6 is 0 Å². The van der Waals surface area contributed by atoms with Crippen molar-refractivity contribution in [2.75, 3.05) is 0 Å². The molecule has 0 N–H and O–H groups in total. The average Bonchev–Trinajstić information content (AvgIpc) is 2.41. The van der Waals surface area contributed by atoms with Gasteiger partial charge < -0.3 is 9.16 Å². The zero-order valence-electron chi connectivity index (χ0n) is 14.9. The summed E-state index contributed by atoms with van der Waals surface area (Å²) < 4.78 is 80.2. The molecular weight excluding hydrogens is 363 g/mol. The number of carbonyl (C=O) groups is 1. The molecule has 9 heteroatoms. The first-order chi connectivity index (χ1) is 11.1. The smallest absolute Gasteiger partial charge is 0.431 e. The summed E-state index contributed by atoms with van der Waals surface area (Å²) in [4.78, 5) is 11.5.